The van der Waals surface area contributed by atoms with Gasteiger partial charge in [0.2, 0.25) is 0 Å². The number of nitrogens with zero attached hydrogens (tertiary/aromatic N) is 1. The lowest BCUT2D eigenvalue weighted by Crippen LogP contribution is -2.24. The number of aryl methyl sites for hydroxylation is 1. The zero-order valence-electron chi connectivity index (χ0n) is 16.2. The predicted molar refractivity (Wildman–Crippen MR) is 107 cm³/mol. The Labute approximate surface area is 160 Å². The van der Waals surface area contributed by atoms with Gasteiger partial charge in [0.25, 0.3) is 5.91 Å². The van der Waals surface area contributed by atoms with Crippen LogP contribution in [0.1, 0.15) is 36.5 Å². The fourth-order valence-corrected chi connectivity index (χ4v) is 2.68. The van der Waals surface area contributed by atoms with Crippen molar-refractivity contribution in [3.63, 3.8) is 0 Å². The number of amides is 1. The number of carbonyl (C=O) groups excluding carboxylic acids is 1. The lowest BCUT2D eigenvalue weighted by atomic mass is 9.98. The Morgan fingerprint density at radius 1 is 1.22 bits per heavy atom. The predicted octanol–water partition coefficient (Wildman–Crippen LogP) is 4.26. The van der Waals surface area contributed by atoms with Crippen molar-refractivity contribution in [3.8, 4) is 11.8 Å². The van der Waals surface area contributed by atoms with Crippen LogP contribution in [0.25, 0.3) is 0 Å². The smallest absolute Gasteiger partial charge is 0.263 e. The summed E-state index contributed by atoms with van der Waals surface area (Å²) in [5.41, 5.74) is 4.09. The maximum absolute atomic E-state index is 12.3. The molecule has 27 heavy (non-hydrogen) atoms. The molecule has 140 valence electrons. The summed E-state index contributed by atoms with van der Waals surface area (Å²) in [4.78, 5) is 12.3. The number of methoxy groups -OCH3 is 1. The van der Waals surface area contributed by atoms with E-state index in [1.54, 1.807) is 7.11 Å². The minimum absolute atomic E-state index is 0.0291. The number of ether oxygens (including phenoxy) is 1. The first-order valence-corrected chi connectivity index (χ1v) is 8.83. The Kier molecular flexibility index (Phi) is 7.01. The average Bonchev–Trinajstić information content (AvgIpc) is 2.67. The molecule has 2 rings (SSSR count). The second-order valence-electron chi connectivity index (χ2n) is 6.54. The number of para-hydroxylation sites is 1. The Morgan fingerprint density at radius 3 is 2.52 bits per heavy atom. The molecule has 0 saturated carbocycles. The van der Waals surface area contributed by atoms with Crippen molar-refractivity contribution in [1.29, 1.82) is 5.26 Å². The largest absolute Gasteiger partial charge is 0.497 e. The van der Waals surface area contributed by atoms with Gasteiger partial charge in [-0.15, -0.1) is 0 Å². The fraction of sp³-hybridized carbons (Fsp3) is 0.273. The molecule has 0 bridgehead atoms. The molecule has 2 aromatic carbocycles. The van der Waals surface area contributed by atoms with Crippen molar-refractivity contribution < 1.29 is 9.53 Å². The zero-order valence-corrected chi connectivity index (χ0v) is 16.2. The molecule has 0 fully saturated rings. The molecule has 1 amide bonds. The van der Waals surface area contributed by atoms with E-state index in [0.717, 1.165) is 28.1 Å². The summed E-state index contributed by atoms with van der Waals surface area (Å²) in [6, 6.07) is 15.4. The summed E-state index contributed by atoms with van der Waals surface area (Å²) < 4.78 is 5.11. The molecule has 0 saturated heterocycles. The Bertz CT molecular complexity index is 862. The van der Waals surface area contributed by atoms with E-state index in [1.807, 2.05) is 55.5 Å². The minimum Gasteiger partial charge on any atom is -0.497 e. The van der Waals surface area contributed by atoms with Crippen molar-refractivity contribution in [1.82, 2.24) is 5.32 Å². The molecule has 0 heterocycles. The molecule has 0 aliphatic carbocycles. The molecule has 0 radical (unpaired) electrons. The first-order chi connectivity index (χ1) is 13.0. The van der Waals surface area contributed by atoms with Crippen LogP contribution in [0.15, 0.2) is 54.2 Å². The van der Waals surface area contributed by atoms with Gasteiger partial charge < -0.3 is 15.4 Å². The van der Waals surface area contributed by atoms with Crippen LogP contribution in [-0.2, 0) is 11.3 Å². The summed E-state index contributed by atoms with van der Waals surface area (Å²) >= 11 is 0. The highest BCUT2D eigenvalue weighted by atomic mass is 16.5. The number of carbonyl (C=O) groups is 1. The number of nitrogens with one attached hydrogen (secondary N) is 2. The first kappa shape index (κ1) is 20.1. The average molecular weight is 363 g/mol. The van der Waals surface area contributed by atoms with Crippen molar-refractivity contribution in [2.24, 2.45) is 0 Å². The van der Waals surface area contributed by atoms with Gasteiger partial charge >= 0.3 is 0 Å². The SMILES string of the molecule is COc1ccc(CNC(=O)/C(C#N)=C\Nc2c(C)cccc2C(C)C)cc1. The molecule has 5 heteroatoms. The minimum atomic E-state index is -0.416. The molecule has 0 aromatic heterocycles. The molecule has 5 nitrogen and oxygen atoms in total. The molecule has 0 aliphatic rings. The van der Waals surface area contributed by atoms with Crippen LogP contribution in [0.3, 0.4) is 0 Å². The van der Waals surface area contributed by atoms with E-state index in [9.17, 15) is 10.1 Å². The van der Waals surface area contributed by atoms with Gasteiger partial charge in [-0.25, -0.2) is 0 Å². The van der Waals surface area contributed by atoms with Gasteiger partial charge in [0.05, 0.1) is 7.11 Å². The molecule has 0 unspecified atom stereocenters. The van der Waals surface area contributed by atoms with Gasteiger partial charge in [-0.3, -0.25) is 4.79 Å². The third-order valence-electron chi connectivity index (χ3n) is 4.27. The zero-order chi connectivity index (χ0) is 19.8. The number of benzene rings is 2. The van der Waals surface area contributed by atoms with Crippen LogP contribution in [0, 0.1) is 18.3 Å². The lowest BCUT2D eigenvalue weighted by Gasteiger charge is -2.15. The first-order valence-electron chi connectivity index (χ1n) is 8.83. The highest BCUT2D eigenvalue weighted by molar-refractivity contribution is 5.97. The highest BCUT2D eigenvalue weighted by Gasteiger charge is 2.11. The number of hydrogen-bond donors (Lipinski definition) is 2. The van der Waals surface area contributed by atoms with E-state index in [4.69, 9.17) is 4.74 Å². The van der Waals surface area contributed by atoms with Crippen LogP contribution >= 0.6 is 0 Å². The summed E-state index contributed by atoms with van der Waals surface area (Å²) in [6.45, 7) is 6.55. The van der Waals surface area contributed by atoms with Crippen LogP contribution in [0.5, 0.6) is 5.75 Å². The summed E-state index contributed by atoms with van der Waals surface area (Å²) in [7, 11) is 1.60. The van der Waals surface area contributed by atoms with E-state index in [2.05, 4.69) is 24.5 Å². The van der Waals surface area contributed by atoms with E-state index >= 15 is 0 Å². The lowest BCUT2D eigenvalue weighted by molar-refractivity contribution is -0.117. The van der Waals surface area contributed by atoms with Crippen molar-refractivity contribution >= 4 is 11.6 Å². The topological polar surface area (TPSA) is 74.1 Å². The van der Waals surface area contributed by atoms with Gasteiger partial charge in [0, 0.05) is 18.4 Å². The fourth-order valence-electron chi connectivity index (χ4n) is 2.68. The number of hydrogen-bond acceptors (Lipinski definition) is 4. The third-order valence-corrected chi connectivity index (χ3v) is 4.27. The summed E-state index contributed by atoms with van der Waals surface area (Å²) in [5.74, 6) is 0.668. The van der Waals surface area contributed by atoms with E-state index in [-0.39, 0.29) is 5.57 Å². The van der Waals surface area contributed by atoms with Crippen LogP contribution < -0.4 is 15.4 Å². The third kappa shape index (κ3) is 5.35. The molecular formula is C22H25N3O2. The molecule has 2 N–H and O–H groups in total. The van der Waals surface area contributed by atoms with Gasteiger partial charge in [0.1, 0.15) is 17.4 Å². The normalized spacial score (nSPS) is 11.0. The Hall–Kier alpha value is -3.26. The second kappa shape index (κ2) is 9.44. The standard InChI is InChI=1S/C22H25N3O2/c1-15(2)20-7-5-6-16(3)21(20)24-14-18(12-23)22(26)25-13-17-8-10-19(27-4)11-9-17/h5-11,14-15,24H,13H2,1-4H3,(H,25,26)/b18-14-. The molecule has 2 aromatic rings. The van der Waals surface area contributed by atoms with E-state index in [0.29, 0.717) is 12.5 Å². The Morgan fingerprint density at radius 2 is 1.93 bits per heavy atom. The molecule has 0 aliphatic heterocycles. The van der Waals surface area contributed by atoms with Gasteiger partial charge in [-0.2, -0.15) is 5.26 Å². The maximum atomic E-state index is 12.3. The number of rotatable bonds is 7. The number of nitriles is 1. The van der Waals surface area contributed by atoms with Gasteiger partial charge in [-0.05, 0) is 41.7 Å². The summed E-state index contributed by atoms with van der Waals surface area (Å²) in [6.07, 6.45) is 1.47. The highest BCUT2D eigenvalue weighted by Crippen LogP contribution is 2.27. The quantitative estimate of drug-likeness (QED) is 0.569. The maximum Gasteiger partial charge on any atom is 0.263 e. The van der Waals surface area contributed by atoms with Gasteiger partial charge in [-0.1, -0.05) is 44.2 Å². The van der Waals surface area contributed by atoms with Crippen molar-refractivity contribution in [2.75, 3.05) is 12.4 Å². The monoisotopic (exact) mass is 363 g/mol. The van der Waals surface area contributed by atoms with Crippen LogP contribution in [0.2, 0.25) is 0 Å². The second-order valence-corrected chi connectivity index (χ2v) is 6.54. The van der Waals surface area contributed by atoms with Crippen molar-refractivity contribution in [2.45, 2.75) is 33.2 Å². The summed E-state index contributed by atoms with van der Waals surface area (Å²) in [5, 5.41) is 15.3. The molecule has 0 spiro atoms. The number of anilines is 1. The Balaban J connectivity index is 2.07. The van der Waals surface area contributed by atoms with Crippen LogP contribution in [-0.4, -0.2) is 13.0 Å². The molecule has 0 atom stereocenters. The van der Waals surface area contributed by atoms with Crippen LogP contribution in [0.4, 0.5) is 5.69 Å². The van der Waals surface area contributed by atoms with E-state index < -0.39 is 5.91 Å². The van der Waals surface area contributed by atoms with E-state index in [1.165, 1.54) is 6.20 Å². The van der Waals surface area contributed by atoms with Crippen molar-refractivity contribution in [3.05, 3.63) is 70.9 Å². The molecular weight excluding hydrogens is 338 g/mol. The van der Waals surface area contributed by atoms with Gasteiger partial charge in [0.15, 0.2) is 0 Å².